The van der Waals surface area contributed by atoms with E-state index in [1.54, 1.807) is 6.08 Å². The molecule has 0 aliphatic rings. The van der Waals surface area contributed by atoms with Gasteiger partial charge >= 0.3 is 0 Å². The van der Waals surface area contributed by atoms with E-state index >= 15 is 0 Å². The molecule has 2 heteroatoms. The van der Waals surface area contributed by atoms with E-state index in [1.807, 2.05) is 6.92 Å². The van der Waals surface area contributed by atoms with Crippen LogP contribution in [-0.4, -0.2) is 16.6 Å². The molecule has 0 radical (unpaired) electrons. The molecule has 1 nitrogen and oxygen atoms in total. The molecule has 0 amide bonds. The van der Waals surface area contributed by atoms with Crippen molar-refractivity contribution in [3.8, 4) is 0 Å². The second-order valence-electron chi connectivity index (χ2n) is 2.02. The van der Waals surface area contributed by atoms with Crippen LogP contribution < -0.4 is 0 Å². The van der Waals surface area contributed by atoms with Crippen LogP contribution in [0.15, 0.2) is 12.7 Å². The lowest BCUT2D eigenvalue weighted by Crippen LogP contribution is -2.18. The summed E-state index contributed by atoms with van der Waals surface area (Å²) in [5.74, 6) is 0. The second kappa shape index (κ2) is 4.83. The van der Waals surface area contributed by atoms with E-state index in [9.17, 15) is 0 Å². The molecule has 0 aromatic carbocycles. The summed E-state index contributed by atoms with van der Waals surface area (Å²) >= 11 is 5.70. The van der Waals surface area contributed by atoms with Gasteiger partial charge in [-0.1, -0.05) is 13.0 Å². The zero-order valence-electron chi connectivity index (χ0n) is 5.68. The Morgan fingerprint density at radius 3 is 2.67 bits per heavy atom. The summed E-state index contributed by atoms with van der Waals surface area (Å²) in [4.78, 5) is 0. The van der Waals surface area contributed by atoms with Crippen LogP contribution in [0.3, 0.4) is 0 Å². The highest BCUT2D eigenvalue weighted by Gasteiger charge is 2.11. The van der Waals surface area contributed by atoms with Crippen molar-refractivity contribution in [2.24, 2.45) is 0 Å². The summed E-state index contributed by atoms with van der Waals surface area (Å²) in [6.07, 6.45) is 2.64. The summed E-state index contributed by atoms with van der Waals surface area (Å²) in [5, 5.41) is 8.99. The first kappa shape index (κ1) is 8.99. The number of hydrogen-bond acceptors (Lipinski definition) is 1. The highest BCUT2D eigenvalue weighted by Crippen LogP contribution is 2.09. The molecule has 1 N–H and O–H groups in total. The van der Waals surface area contributed by atoms with E-state index in [-0.39, 0.29) is 5.38 Å². The first-order valence-electron chi connectivity index (χ1n) is 3.15. The van der Waals surface area contributed by atoms with Gasteiger partial charge in [0.05, 0.1) is 11.5 Å². The zero-order chi connectivity index (χ0) is 7.28. The highest BCUT2D eigenvalue weighted by atomic mass is 35.5. The van der Waals surface area contributed by atoms with Gasteiger partial charge in [0.25, 0.3) is 0 Å². The van der Waals surface area contributed by atoms with Gasteiger partial charge in [-0.25, -0.2) is 0 Å². The van der Waals surface area contributed by atoms with Gasteiger partial charge in [0.15, 0.2) is 0 Å². The molecule has 0 bridgehead atoms. The number of aliphatic hydroxyl groups excluding tert-OH is 1. The van der Waals surface area contributed by atoms with E-state index in [1.165, 1.54) is 0 Å². The van der Waals surface area contributed by atoms with Gasteiger partial charge in [0.2, 0.25) is 0 Å². The van der Waals surface area contributed by atoms with E-state index in [4.69, 9.17) is 16.7 Å². The lowest BCUT2D eigenvalue weighted by Gasteiger charge is -2.11. The molecule has 2 atom stereocenters. The van der Waals surface area contributed by atoms with Gasteiger partial charge in [-0.15, -0.1) is 18.2 Å². The Labute approximate surface area is 61.3 Å². The average molecular weight is 149 g/mol. The quantitative estimate of drug-likeness (QED) is 0.477. The molecule has 0 rings (SSSR count). The molecule has 0 aromatic heterocycles. The summed E-state index contributed by atoms with van der Waals surface area (Å²) in [5.41, 5.74) is 0. The Hall–Kier alpha value is -0.0100. The van der Waals surface area contributed by atoms with Gasteiger partial charge in [0.1, 0.15) is 0 Å². The third kappa shape index (κ3) is 3.55. The van der Waals surface area contributed by atoms with Crippen LogP contribution >= 0.6 is 11.6 Å². The van der Waals surface area contributed by atoms with Crippen LogP contribution in [0.1, 0.15) is 19.8 Å². The Bertz CT molecular complexity index is 83.0. The fourth-order valence-electron chi connectivity index (χ4n) is 0.590. The van der Waals surface area contributed by atoms with Crippen LogP contribution in [0.2, 0.25) is 0 Å². The second-order valence-corrected chi connectivity index (χ2v) is 2.58. The number of halogens is 1. The molecular weight excluding hydrogens is 136 g/mol. The summed E-state index contributed by atoms with van der Waals surface area (Å²) in [7, 11) is 0. The normalized spacial score (nSPS) is 16.8. The van der Waals surface area contributed by atoms with Crippen molar-refractivity contribution in [3.63, 3.8) is 0 Å². The SMILES string of the molecule is C=CCC(O)C(Cl)CC. The topological polar surface area (TPSA) is 20.2 Å². The van der Waals surface area contributed by atoms with Gasteiger partial charge in [0, 0.05) is 0 Å². The molecule has 0 fully saturated rings. The number of rotatable bonds is 4. The van der Waals surface area contributed by atoms with Gasteiger partial charge < -0.3 is 5.11 Å². The maximum Gasteiger partial charge on any atom is 0.0737 e. The van der Waals surface area contributed by atoms with Crippen LogP contribution in [0.5, 0.6) is 0 Å². The van der Waals surface area contributed by atoms with Crippen molar-refractivity contribution in [1.29, 1.82) is 0 Å². The van der Waals surface area contributed by atoms with Crippen LogP contribution in [0.25, 0.3) is 0 Å². The van der Waals surface area contributed by atoms with Crippen molar-refractivity contribution in [1.82, 2.24) is 0 Å². The third-order valence-corrected chi connectivity index (χ3v) is 1.82. The van der Waals surface area contributed by atoms with Crippen molar-refractivity contribution in [2.45, 2.75) is 31.2 Å². The van der Waals surface area contributed by atoms with Crippen LogP contribution in [0.4, 0.5) is 0 Å². The monoisotopic (exact) mass is 148 g/mol. The van der Waals surface area contributed by atoms with E-state index in [0.717, 1.165) is 6.42 Å². The van der Waals surface area contributed by atoms with E-state index in [2.05, 4.69) is 6.58 Å². The molecule has 2 unspecified atom stereocenters. The Kier molecular flexibility index (Phi) is 4.83. The minimum absolute atomic E-state index is 0.122. The molecule has 0 aliphatic heterocycles. The first-order valence-corrected chi connectivity index (χ1v) is 3.59. The van der Waals surface area contributed by atoms with Crippen LogP contribution in [-0.2, 0) is 0 Å². The molecule has 0 heterocycles. The maximum absolute atomic E-state index is 9.11. The maximum atomic E-state index is 9.11. The average Bonchev–Trinajstić information content (AvgIpc) is 1.87. The summed E-state index contributed by atoms with van der Waals surface area (Å²) in [6.45, 7) is 5.45. The van der Waals surface area contributed by atoms with Gasteiger partial charge in [-0.2, -0.15) is 0 Å². The van der Waals surface area contributed by atoms with Crippen molar-refractivity contribution < 1.29 is 5.11 Å². The molecule has 0 saturated heterocycles. The molecule has 0 aliphatic carbocycles. The minimum Gasteiger partial charge on any atom is -0.391 e. The molecular formula is C7H13ClO. The Balaban J connectivity index is 3.44. The number of hydrogen-bond donors (Lipinski definition) is 1. The Morgan fingerprint density at radius 1 is 1.78 bits per heavy atom. The van der Waals surface area contributed by atoms with E-state index < -0.39 is 6.10 Å². The van der Waals surface area contributed by atoms with Crippen LogP contribution in [0, 0.1) is 0 Å². The number of aliphatic hydroxyl groups is 1. The third-order valence-electron chi connectivity index (χ3n) is 1.22. The lowest BCUT2D eigenvalue weighted by molar-refractivity contribution is 0.170. The van der Waals surface area contributed by atoms with Gasteiger partial charge in [-0.3, -0.25) is 0 Å². The molecule has 0 saturated carbocycles. The predicted octanol–water partition coefficient (Wildman–Crippen LogP) is 1.94. The zero-order valence-corrected chi connectivity index (χ0v) is 6.43. The molecule has 0 spiro atoms. The smallest absolute Gasteiger partial charge is 0.0737 e. The van der Waals surface area contributed by atoms with Crippen molar-refractivity contribution in [3.05, 3.63) is 12.7 Å². The van der Waals surface area contributed by atoms with E-state index in [0.29, 0.717) is 6.42 Å². The summed E-state index contributed by atoms with van der Waals surface area (Å²) < 4.78 is 0. The molecule has 54 valence electrons. The Morgan fingerprint density at radius 2 is 2.33 bits per heavy atom. The van der Waals surface area contributed by atoms with Crippen molar-refractivity contribution in [2.75, 3.05) is 0 Å². The number of alkyl halides is 1. The van der Waals surface area contributed by atoms with Crippen molar-refractivity contribution >= 4 is 11.6 Å². The van der Waals surface area contributed by atoms with Gasteiger partial charge in [-0.05, 0) is 12.8 Å². The largest absolute Gasteiger partial charge is 0.391 e. The standard InChI is InChI=1S/C7H13ClO/c1-3-5-7(9)6(8)4-2/h3,6-7,9H,1,4-5H2,2H3. The minimum atomic E-state index is -0.422. The highest BCUT2D eigenvalue weighted by molar-refractivity contribution is 6.20. The lowest BCUT2D eigenvalue weighted by atomic mass is 10.1. The molecule has 9 heavy (non-hydrogen) atoms. The first-order chi connectivity index (χ1) is 4.22. The summed E-state index contributed by atoms with van der Waals surface area (Å²) in [6, 6.07) is 0. The fourth-order valence-corrected chi connectivity index (χ4v) is 0.693. The predicted molar refractivity (Wildman–Crippen MR) is 40.8 cm³/mol. The fraction of sp³-hybridized carbons (Fsp3) is 0.714. The molecule has 0 aromatic rings.